The second kappa shape index (κ2) is 11.8. The SMILES string of the molecule is CC(C)(C)c1c2ccc(N3c4ccccc4[Si](C)(C)c4ccccc43)cc2c(C(C)(C)C)c2ccc(N3c4ccccc4[Si](C)(C)c4ccccc43)cc12. The highest BCUT2D eigenvalue weighted by molar-refractivity contribution is 7.03. The van der Waals surface area contributed by atoms with Crippen molar-refractivity contribution in [3.8, 4) is 0 Å². The minimum Gasteiger partial charge on any atom is -0.311 e. The molecule has 0 unspecified atom stereocenters. The van der Waals surface area contributed by atoms with Crippen LogP contribution in [0.3, 0.4) is 0 Å². The molecule has 0 saturated carbocycles. The third-order valence-electron chi connectivity index (χ3n) is 12.4. The quantitative estimate of drug-likeness (QED) is 0.129. The zero-order valence-electron chi connectivity index (χ0n) is 33.6. The Morgan fingerprint density at radius 2 is 0.630 bits per heavy atom. The van der Waals surface area contributed by atoms with Crippen LogP contribution < -0.4 is 30.5 Å². The molecule has 0 saturated heterocycles. The number of para-hydroxylation sites is 4. The van der Waals surface area contributed by atoms with E-state index in [1.165, 1.54) is 87.5 Å². The van der Waals surface area contributed by atoms with Gasteiger partial charge in [-0.3, -0.25) is 0 Å². The highest BCUT2D eigenvalue weighted by atomic mass is 28.3. The van der Waals surface area contributed by atoms with Crippen molar-refractivity contribution in [1.29, 1.82) is 0 Å². The van der Waals surface area contributed by atoms with Gasteiger partial charge < -0.3 is 9.80 Å². The van der Waals surface area contributed by atoms with E-state index in [2.05, 4.69) is 211 Å². The standard InChI is InChI=1S/C50H52N2Si2/c1-49(2,3)47-35-29-27-34(52-41-21-13-17-25-45(41)54(9,10)46-26-18-14-22-42(46)52)32-38(35)48(50(4,5)6)36-30-28-33(31-37(36)47)51-39-19-11-15-23-43(39)53(7,8)44-24-16-12-20-40(44)51/h11-32H,1-10H3. The summed E-state index contributed by atoms with van der Waals surface area (Å²) >= 11 is 0. The van der Waals surface area contributed by atoms with Gasteiger partial charge in [0.2, 0.25) is 0 Å². The maximum Gasteiger partial charge on any atom is 0.117 e. The number of anilines is 6. The fraction of sp³-hybridized carbons (Fsp3) is 0.240. The van der Waals surface area contributed by atoms with Crippen molar-refractivity contribution in [2.75, 3.05) is 9.80 Å². The van der Waals surface area contributed by atoms with Crippen LogP contribution >= 0.6 is 0 Å². The number of rotatable bonds is 2. The van der Waals surface area contributed by atoms with Crippen molar-refractivity contribution >= 4 is 92.6 Å². The maximum atomic E-state index is 2.54. The van der Waals surface area contributed by atoms with Gasteiger partial charge in [0.15, 0.2) is 0 Å². The molecule has 7 aromatic rings. The predicted octanol–water partition coefficient (Wildman–Crippen LogP) is 11.8. The van der Waals surface area contributed by atoms with Crippen LogP contribution in [-0.4, -0.2) is 16.1 Å². The lowest BCUT2D eigenvalue weighted by atomic mass is 9.74. The summed E-state index contributed by atoms with van der Waals surface area (Å²) in [5.41, 5.74) is 10.4. The van der Waals surface area contributed by atoms with Gasteiger partial charge in [0.05, 0.1) is 0 Å². The second-order valence-electron chi connectivity index (χ2n) is 18.7. The van der Waals surface area contributed by atoms with Crippen LogP contribution in [0, 0.1) is 0 Å². The van der Waals surface area contributed by atoms with Gasteiger partial charge in [-0.1, -0.05) is 153 Å². The molecule has 7 aromatic carbocycles. The summed E-state index contributed by atoms with van der Waals surface area (Å²) in [5, 5.41) is 11.4. The Morgan fingerprint density at radius 3 is 0.907 bits per heavy atom. The maximum absolute atomic E-state index is 2.54. The first-order valence-electron chi connectivity index (χ1n) is 19.6. The molecule has 2 aliphatic rings. The predicted molar refractivity (Wildman–Crippen MR) is 242 cm³/mol. The molecule has 0 radical (unpaired) electrons. The third kappa shape index (κ3) is 5.03. The molecule has 270 valence electrons. The lowest BCUT2D eigenvalue weighted by Gasteiger charge is -2.41. The average molecular weight is 737 g/mol. The summed E-state index contributed by atoms with van der Waals surface area (Å²) in [4.78, 5) is 5.07. The van der Waals surface area contributed by atoms with Gasteiger partial charge in [-0.2, -0.15) is 0 Å². The molecule has 0 N–H and O–H groups in total. The Kier molecular flexibility index (Phi) is 7.61. The average Bonchev–Trinajstić information content (AvgIpc) is 3.13. The molecular weight excluding hydrogens is 685 g/mol. The van der Waals surface area contributed by atoms with E-state index in [0.29, 0.717) is 0 Å². The molecule has 0 aromatic heterocycles. The number of hydrogen-bond acceptors (Lipinski definition) is 2. The van der Waals surface area contributed by atoms with Gasteiger partial charge >= 0.3 is 0 Å². The summed E-state index contributed by atoms with van der Waals surface area (Å²) in [5.74, 6) is 0. The van der Waals surface area contributed by atoms with E-state index in [0.717, 1.165) is 0 Å². The summed E-state index contributed by atoms with van der Waals surface area (Å²) in [6.45, 7) is 24.3. The van der Waals surface area contributed by atoms with E-state index in [9.17, 15) is 0 Å². The largest absolute Gasteiger partial charge is 0.311 e. The molecule has 2 heterocycles. The van der Waals surface area contributed by atoms with Crippen LogP contribution in [0.25, 0.3) is 21.5 Å². The highest BCUT2D eigenvalue weighted by Gasteiger charge is 2.40. The van der Waals surface area contributed by atoms with Gasteiger partial charge in [0, 0.05) is 34.1 Å². The topological polar surface area (TPSA) is 6.48 Å². The molecule has 9 rings (SSSR count). The molecule has 0 amide bonds. The van der Waals surface area contributed by atoms with Crippen LogP contribution in [0.4, 0.5) is 34.1 Å². The Labute approximate surface area is 324 Å². The van der Waals surface area contributed by atoms with Crippen molar-refractivity contribution in [3.63, 3.8) is 0 Å². The summed E-state index contributed by atoms with van der Waals surface area (Å²) in [7, 11) is -3.77. The zero-order valence-corrected chi connectivity index (χ0v) is 35.6. The van der Waals surface area contributed by atoms with Gasteiger partial charge in [-0.05, 0) is 113 Å². The number of nitrogens with zero attached hydrogens (tertiary/aromatic N) is 2. The first kappa shape index (κ1) is 34.8. The van der Waals surface area contributed by atoms with Gasteiger partial charge in [-0.25, -0.2) is 0 Å². The van der Waals surface area contributed by atoms with Crippen LogP contribution in [0.5, 0.6) is 0 Å². The normalized spacial score (nSPS) is 15.8. The minimum atomic E-state index is -1.89. The second-order valence-corrected chi connectivity index (χ2v) is 27.4. The summed E-state index contributed by atoms with van der Waals surface area (Å²) in [6, 6.07) is 51.2. The van der Waals surface area contributed by atoms with E-state index >= 15 is 0 Å². The highest BCUT2D eigenvalue weighted by Crippen LogP contribution is 2.48. The Morgan fingerprint density at radius 1 is 0.352 bits per heavy atom. The molecule has 2 nitrogen and oxygen atoms in total. The van der Waals surface area contributed by atoms with E-state index in [1.54, 1.807) is 0 Å². The van der Waals surface area contributed by atoms with Crippen molar-refractivity contribution in [3.05, 3.63) is 145 Å². The number of hydrogen-bond donors (Lipinski definition) is 0. The Bertz CT molecular complexity index is 2370. The van der Waals surface area contributed by atoms with Gasteiger partial charge in [0.1, 0.15) is 16.1 Å². The van der Waals surface area contributed by atoms with Gasteiger partial charge in [0.25, 0.3) is 0 Å². The van der Waals surface area contributed by atoms with Crippen molar-refractivity contribution in [2.24, 2.45) is 0 Å². The van der Waals surface area contributed by atoms with Crippen LogP contribution in [0.2, 0.25) is 26.2 Å². The molecule has 0 spiro atoms. The fourth-order valence-corrected chi connectivity index (χ4v) is 16.0. The zero-order chi connectivity index (χ0) is 37.9. The van der Waals surface area contributed by atoms with Crippen molar-refractivity contribution in [2.45, 2.75) is 78.6 Å². The van der Waals surface area contributed by atoms with Crippen LogP contribution in [0.15, 0.2) is 133 Å². The first-order valence-corrected chi connectivity index (χ1v) is 25.6. The summed E-state index contributed by atoms with van der Waals surface area (Å²) < 4.78 is 0. The molecule has 54 heavy (non-hydrogen) atoms. The fourth-order valence-electron chi connectivity index (χ4n) is 9.99. The molecule has 4 heteroatoms. The molecular formula is C50H52N2Si2. The van der Waals surface area contributed by atoms with Crippen molar-refractivity contribution in [1.82, 2.24) is 0 Å². The van der Waals surface area contributed by atoms with Gasteiger partial charge in [-0.15, -0.1) is 0 Å². The molecule has 2 aliphatic heterocycles. The molecule has 0 fully saturated rings. The summed E-state index contributed by atoms with van der Waals surface area (Å²) in [6.07, 6.45) is 0. The van der Waals surface area contributed by atoms with Crippen molar-refractivity contribution < 1.29 is 0 Å². The third-order valence-corrected chi connectivity index (χ3v) is 19.5. The molecule has 0 aliphatic carbocycles. The van der Waals surface area contributed by atoms with E-state index in [4.69, 9.17) is 0 Å². The lowest BCUT2D eigenvalue weighted by molar-refractivity contribution is 0.593. The Hall–Kier alpha value is -4.91. The van der Waals surface area contributed by atoms with E-state index < -0.39 is 16.1 Å². The Balaban J connectivity index is 1.33. The number of fused-ring (bicyclic) bond motifs is 6. The van der Waals surface area contributed by atoms with Crippen LogP contribution in [-0.2, 0) is 10.8 Å². The van der Waals surface area contributed by atoms with E-state index in [-0.39, 0.29) is 10.8 Å². The smallest absolute Gasteiger partial charge is 0.117 e. The minimum absolute atomic E-state index is 0.0976. The lowest BCUT2D eigenvalue weighted by Crippen LogP contribution is -2.58. The van der Waals surface area contributed by atoms with E-state index in [1.807, 2.05) is 0 Å². The molecule has 0 atom stereocenters. The first-order chi connectivity index (χ1) is 25.6. The van der Waals surface area contributed by atoms with Crippen LogP contribution in [0.1, 0.15) is 52.7 Å². The number of benzene rings is 7. The monoisotopic (exact) mass is 736 g/mol. The molecule has 0 bridgehead atoms.